The fourth-order valence-electron chi connectivity index (χ4n) is 1.63. The van der Waals surface area contributed by atoms with Crippen molar-refractivity contribution in [2.75, 3.05) is 5.73 Å². The lowest BCUT2D eigenvalue weighted by atomic mass is 10.3. The fourth-order valence-corrected chi connectivity index (χ4v) is 2.79. The summed E-state index contributed by atoms with van der Waals surface area (Å²) in [7, 11) is -3.95. The number of pyridine rings is 1. The number of non-ortho nitro benzene ring substituents is 1. The van der Waals surface area contributed by atoms with E-state index in [9.17, 15) is 18.5 Å². The molecular formula is C12H12N4O4S. The van der Waals surface area contributed by atoms with Crippen molar-refractivity contribution in [2.45, 2.75) is 11.4 Å². The number of nitrogen functional groups attached to an aromatic ring is 1. The molecule has 1 aromatic heterocycles. The molecule has 9 heteroatoms. The number of nitrogens with two attached hydrogens (primary N) is 1. The molecule has 0 aliphatic heterocycles. The summed E-state index contributed by atoms with van der Waals surface area (Å²) in [5.74, 6) is 0. The molecule has 2 rings (SSSR count). The standard InChI is InChI=1S/C12H12N4O4S/c13-11-4-3-10(16(17)18)6-12(11)21(19,20)15-8-9-2-1-5-14-7-9/h1-7,15H,8,13H2. The van der Waals surface area contributed by atoms with Crippen molar-refractivity contribution in [1.29, 1.82) is 0 Å². The number of nitro benzene ring substituents is 1. The SMILES string of the molecule is Nc1ccc([N+](=O)[O-])cc1S(=O)(=O)NCc1cccnc1. The van der Waals surface area contributed by atoms with E-state index in [0.29, 0.717) is 5.56 Å². The Hall–Kier alpha value is -2.52. The molecule has 2 aromatic rings. The van der Waals surface area contributed by atoms with Gasteiger partial charge in [-0.2, -0.15) is 0 Å². The van der Waals surface area contributed by atoms with Gasteiger partial charge in [-0.05, 0) is 17.7 Å². The van der Waals surface area contributed by atoms with Crippen LogP contribution >= 0.6 is 0 Å². The second-order valence-electron chi connectivity index (χ2n) is 4.17. The summed E-state index contributed by atoms with van der Waals surface area (Å²) in [4.78, 5) is 13.6. The Labute approximate surface area is 120 Å². The topological polar surface area (TPSA) is 128 Å². The summed E-state index contributed by atoms with van der Waals surface area (Å²) >= 11 is 0. The van der Waals surface area contributed by atoms with Crippen LogP contribution in [0.25, 0.3) is 0 Å². The van der Waals surface area contributed by atoms with E-state index in [1.54, 1.807) is 18.3 Å². The van der Waals surface area contributed by atoms with Crippen molar-refractivity contribution in [3.63, 3.8) is 0 Å². The van der Waals surface area contributed by atoms with Gasteiger partial charge >= 0.3 is 0 Å². The Kier molecular flexibility index (Phi) is 4.15. The van der Waals surface area contributed by atoms with Crippen LogP contribution < -0.4 is 10.5 Å². The van der Waals surface area contributed by atoms with Crippen LogP contribution in [-0.2, 0) is 16.6 Å². The van der Waals surface area contributed by atoms with E-state index in [1.807, 2.05) is 0 Å². The van der Waals surface area contributed by atoms with Gasteiger partial charge in [-0.3, -0.25) is 15.1 Å². The summed E-state index contributed by atoms with van der Waals surface area (Å²) in [6.45, 7) is 0.0122. The van der Waals surface area contributed by atoms with Crippen LogP contribution in [0.15, 0.2) is 47.6 Å². The summed E-state index contributed by atoms with van der Waals surface area (Å²) in [6.07, 6.45) is 3.08. The third-order valence-corrected chi connectivity index (χ3v) is 4.14. The molecule has 0 spiro atoms. The zero-order chi connectivity index (χ0) is 15.5. The molecule has 0 saturated carbocycles. The maximum Gasteiger partial charge on any atom is 0.270 e. The number of rotatable bonds is 5. The number of nitrogens with one attached hydrogen (secondary N) is 1. The molecule has 0 bridgehead atoms. The summed E-state index contributed by atoms with van der Waals surface area (Å²) in [5.41, 5.74) is 5.85. The van der Waals surface area contributed by atoms with E-state index < -0.39 is 14.9 Å². The molecule has 0 atom stereocenters. The van der Waals surface area contributed by atoms with Crippen LogP contribution in [0.4, 0.5) is 11.4 Å². The molecule has 0 aliphatic carbocycles. The molecule has 0 unspecified atom stereocenters. The average molecular weight is 308 g/mol. The Morgan fingerprint density at radius 3 is 2.71 bits per heavy atom. The van der Waals surface area contributed by atoms with Crippen LogP contribution in [0.1, 0.15) is 5.56 Å². The first-order valence-electron chi connectivity index (χ1n) is 5.82. The van der Waals surface area contributed by atoms with Gasteiger partial charge in [0.2, 0.25) is 10.0 Å². The normalized spacial score (nSPS) is 11.2. The second-order valence-corrected chi connectivity index (χ2v) is 5.90. The second kappa shape index (κ2) is 5.85. The molecule has 0 radical (unpaired) electrons. The van der Waals surface area contributed by atoms with Gasteiger partial charge in [0.25, 0.3) is 5.69 Å². The number of hydrogen-bond acceptors (Lipinski definition) is 6. The van der Waals surface area contributed by atoms with Crippen molar-refractivity contribution in [2.24, 2.45) is 0 Å². The highest BCUT2D eigenvalue weighted by atomic mass is 32.2. The highest BCUT2D eigenvalue weighted by Gasteiger charge is 2.20. The number of nitro groups is 1. The molecule has 1 aromatic carbocycles. The van der Waals surface area contributed by atoms with Crippen molar-refractivity contribution in [3.8, 4) is 0 Å². The van der Waals surface area contributed by atoms with Crippen molar-refractivity contribution >= 4 is 21.4 Å². The smallest absolute Gasteiger partial charge is 0.270 e. The van der Waals surface area contributed by atoms with Crippen LogP contribution in [0.2, 0.25) is 0 Å². The molecule has 3 N–H and O–H groups in total. The number of sulfonamides is 1. The molecule has 0 aliphatic rings. The van der Waals surface area contributed by atoms with Gasteiger partial charge < -0.3 is 5.73 Å². The summed E-state index contributed by atoms with van der Waals surface area (Å²) in [6, 6.07) is 6.64. The zero-order valence-electron chi connectivity index (χ0n) is 10.8. The van der Waals surface area contributed by atoms with Gasteiger partial charge in [-0.1, -0.05) is 6.07 Å². The third-order valence-electron chi connectivity index (χ3n) is 2.69. The van der Waals surface area contributed by atoms with Gasteiger partial charge in [0.05, 0.1) is 10.6 Å². The quantitative estimate of drug-likeness (QED) is 0.482. The van der Waals surface area contributed by atoms with E-state index in [1.165, 1.54) is 12.3 Å². The van der Waals surface area contributed by atoms with Gasteiger partial charge in [0.15, 0.2) is 0 Å². The highest BCUT2D eigenvalue weighted by Crippen LogP contribution is 2.23. The van der Waals surface area contributed by atoms with E-state index in [4.69, 9.17) is 5.73 Å². The lowest BCUT2D eigenvalue weighted by Crippen LogP contribution is -2.24. The third kappa shape index (κ3) is 3.52. The summed E-state index contributed by atoms with van der Waals surface area (Å²) in [5, 5.41) is 10.7. The number of benzene rings is 1. The molecule has 0 fully saturated rings. The first-order chi connectivity index (χ1) is 9.90. The molecular weight excluding hydrogens is 296 g/mol. The maximum atomic E-state index is 12.2. The van der Waals surface area contributed by atoms with Crippen molar-refractivity contribution < 1.29 is 13.3 Å². The van der Waals surface area contributed by atoms with Crippen molar-refractivity contribution in [3.05, 3.63) is 58.4 Å². The number of nitrogens with zero attached hydrogens (tertiary/aromatic N) is 2. The Morgan fingerprint density at radius 1 is 1.33 bits per heavy atom. The zero-order valence-corrected chi connectivity index (χ0v) is 11.6. The van der Waals surface area contributed by atoms with E-state index >= 15 is 0 Å². The molecule has 8 nitrogen and oxygen atoms in total. The predicted molar refractivity (Wildman–Crippen MR) is 75.8 cm³/mol. The minimum absolute atomic E-state index is 0.0122. The van der Waals surface area contributed by atoms with Gasteiger partial charge in [0.1, 0.15) is 4.90 Å². The number of hydrogen-bond donors (Lipinski definition) is 2. The summed E-state index contributed by atoms with van der Waals surface area (Å²) < 4.78 is 26.7. The number of aromatic nitrogens is 1. The van der Waals surface area contributed by atoms with Gasteiger partial charge in [-0.25, -0.2) is 13.1 Å². The minimum atomic E-state index is -3.95. The molecule has 0 saturated heterocycles. The van der Waals surface area contributed by atoms with E-state index in [2.05, 4.69) is 9.71 Å². The largest absolute Gasteiger partial charge is 0.398 e. The lowest BCUT2D eigenvalue weighted by molar-refractivity contribution is -0.385. The number of anilines is 1. The van der Waals surface area contributed by atoms with Crippen LogP contribution in [0, 0.1) is 10.1 Å². The average Bonchev–Trinajstić information content (AvgIpc) is 2.46. The van der Waals surface area contributed by atoms with Gasteiger partial charge in [-0.15, -0.1) is 0 Å². The minimum Gasteiger partial charge on any atom is -0.398 e. The lowest BCUT2D eigenvalue weighted by Gasteiger charge is -2.08. The Balaban J connectivity index is 2.27. The Bertz CT molecular complexity index is 762. The highest BCUT2D eigenvalue weighted by molar-refractivity contribution is 7.89. The molecule has 1 heterocycles. The monoisotopic (exact) mass is 308 g/mol. The molecule has 21 heavy (non-hydrogen) atoms. The molecule has 0 amide bonds. The predicted octanol–water partition coefficient (Wildman–Crippen LogP) is 1.05. The fraction of sp³-hybridized carbons (Fsp3) is 0.0833. The van der Waals surface area contributed by atoms with Crippen LogP contribution in [0.5, 0.6) is 0 Å². The van der Waals surface area contributed by atoms with Crippen LogP contribution in [-0.4, -0.2) is 18.3 Å². The van der Waals surface area contributed by atoms with E-state index in [0.717, 1.165) is 12.1 Å². The first kappa shape index (κ1) is 14.9. The molecule has 110 valence electrons. The van der Waals surface area contributed by atoms with Gasteiger partial charge in [0, 0.05) is 31.1 Å². The first-order valence-corrected chi connectivity index (χ1v) is 7.31. The van der Waals surface area contributed by atoms with Crippen LogP contribution in [0.3, 0.4) is 0 Å². The maximum absolute atomic E-state index is 12.2. The Morgan fingerprint density at radius 2 is 2.10 bits per heavy atom. The van der Waals surface area contributed by atoms with E-state index in [-0.39, 0.29) is 22.8 Å². The van der Waals surface area contributed by atoms with Crippen molar-refractivity contribution in [1.82, 2.24) is 9.71 Å².